The van der Waals surface area contributed by atoms with Gasteiger partial charge in [-0.2, -0.15) is 13.2 Å². The number of carboxylic acids is 1. The number of aliphatic carboxylic acids is 1. The van der Waals surface area contributed by atoms with Gasteiger partial charge in [0.15, 0.2) is 0 Å². The molecule has 0 aromatic heterocycles. The summed E-state index contributed by atoms with van der Waals surface area (Å²) in [6.07, 6.45) is -5.08. The van der Waals surface area contributed by atoms with Crippen LogP contribution in [0, 0.1) is 5.82 Å². The van der Waals surface area contributed by atoms with Crippen molar-refractivity contribution < 1.29 is 32.6 Å². The van der Waals surface area contributed by atoms with Gasteiger partial charge in [-0.1, -0.05) is 12.1 Å². The van der Waals surface area contributed by atoms with Gasteiger partial charge in [0.25, 0.3) is 0 Å². The van der Waals surface area contributed by atoms with Gasteiger partial charge in [-0.3, -0.25) is 0 Å². The second-order valence-electron chi connectivity index (χ2n) is 3.48. The molecule has 0 heterocycles. The summed E-state index contributed by atoms with van der Waals surface area (Å²) in [5, 5.41) is 17.9. The van der Waals surface area contributed by atoms with Crippen molar-refractivity contribution in [3.05, 3.63) is 42.2 Å². The first-order valence-electron chi connectivity index (χ1n) is 4.88. The average Bonchev–Trinajstić information content (AvgIpc) is 2.29. The van der Waals surface area contributed by atoms with Crippen LogP contribution in [0.5, 0.6) is 5.75 Å². The highest BCUT2D eigenvalue weighted by molar-refractivity contribution is 5.83. The largest absolute Gasteiger partial charge is 0.508 e. The van der Waals surface area contributed by atoms with E-state index in [1.54, 1.807) is 24.3 Å². The Morgan fingerprint density at radius 3 is 2.00 bits per heavy atom. The molecule has 102 valence electrons. The highest BCUT2D eigenvalue weighted by Crippen LogP contribution is 2.20. The Labute approximate surface area is 104 Å². The van der Waals surface area contributed by atoms with Crippen LogP contribution in [-0.4, -0.2) is 22.4 Å². The summed E-state index contributed by atoms with van der Waals surface area (Å²) < 4.78 is 44.4. The van der Waals surface area contributed by atoms with E-state index in [0.717, 1.165) is 10.8 Å². The summed E-state index contributed by atoms with van der Waals surface area (Å²) in [6, 6.07) is 9.30. The van der Waals surface area contributed by atoms with E-state index in [-0.39, 0.29) is 11.6 Å². The molecule has 3 nitrogen and oxygen atoms in total. The van der Waals surface area contributed by atoms with Crippen LogP contribution in [0.25, 0.3) is 10.8 Å². The van der Waals surface area contributed by atoms with E-state index < -0.39 is 12.1 Å². The minimum atomic E-state index is -5.08. The van der Waals surface area contributed by atoms with Crippen LogP contribution in [0.15, 0.2) is 36.4 Å². The number of phenols is 1. The summed E-state index contributed by atoms with van der Waals surface area (Å²) in [4.78, 5) is 8.90. The van der Waals surface area contributed by atoms with Crippen molar-refractivity contribution in [2.45, 2.75) is 6.18 Å². The number of hydrogen-bond acceptors (Lipinski definition) is 2. The van der Waals surface area contributed by atoms with E-state index in [1.807, 2.05) is 0 Å². The van der Waals surface area contributed by atoms with E-state index in [2.05, 4.69) is 0 Å². The van der Waals surface area contributed by atoms with Gasteiger partial charge in [0, 0.05) is 0 Å². The molecule has 2 aromatic rings. The molecule has 0 saturated carbocycles. The number of fused-ring (bicyclic) bond motifs is 1. The van der Waals surface area contributed by atoms with Crippen molar-refractivity contribution in [2.24, 2.45) is 0 Å². The number of alkyl halides is 3. The second kappa shape index (κ2) is 5.55. The van der Waals surface area contributed by atoms with Gasteiger partial charge in [0.2, 0.25) is 0 Å². The molecule has 0 aliphatic heterocycles. The van der Waals surface area contributed by atoms with Gasteiger partial charge in [-0.05, 0) is 35.0 Å². The lowest BCUT2D eigenvalue weighted by atomic mass is 10.1. The lowest BCUT2D eigenvalue weighted by Crippen LogP contribution is -2.21. The van der Waals surface area contributed by atoms with Crippen LogP contribution in [-0.2, 0) is 4.79 Å². The molecule has 0 amide bonds. The Morgan fingerprint density at radius 2 is 1.47 bits per heavy atom. The number of benzene rings is 2. The summed E-state index contributed by atoms with van der Waals surface area (Å²) in [5.74, 6) is -2.81. The van der Waals surface area contributed by atoms with Crippen LogP contribution in [0.4, 0.5) is 17.6 Å². The summed E-state index contributed by atoms with van der Waals surface area (Å²) in [7, 11) is 0. The molecule has 0 aliphatic rings. The van der Waals surface area contributed by atoms with Crippen molar-refractivity contribution >= 4 is 16.7 Å². The van der Waals surface area contributed by atoms with Crippen molar-refractivity contribution in [1.29, 1.82) is 0 Å². The van der Waals surface area contributed by atoms with Crippen LogP contribution >= 0.6 is 0 Å². The minimum Gasteiger partial charge on any atom is -0.508 e. The molecule has 2 N–H and O–H groups in total. The number of aromatic hydroxyl groups is 1. The predicted molar refractivity (Wildman–Crippen MR) is 59.3 cm³/mol. The van der Waals surface area contributed by atoms with Gasteiger partial charge in [-0.15, -0.1) is 0 Å². The van der Waals surface area contributed by atoms with Gasteiger partial charge < -0.3 is 10.2 Å². The lowest BCUT2D eigenvalue weighted by molar-refractivity contribution is -0.192. The van der Waals surface area contributed by atoms with Crippen molar-refractivity contribution in [2.75, 3.05) is 0 Å². The van der Waals surface area contributed by atoms with Crippen LogP contribution in [0.3, 0.4) is 0 Å². The first-order chi connectivity index (χ1) is 8.70. The Hall–Kier alpha value is -2.31. The molecular formula is C12H8F4O3. The summed E-state index contributed by atoms with van der Waals surface area (Å²) in [6.45, 7) is 0. The maximum absolute atomic E-state index is 12.7. The fraction of sp³-hybridized carbons (Fsp3) is 0.0833. The van der Waals surface area contributed by atoms with Gasteiger partial charge >= 0.3 is 12.1 Å². The summed E-state index contributed by atoms with van der Waals surface area (Å²) in [5.41, 5.74) is 0. The predicted octanol–water partition coefficient (Wildman–Crippen LogP) is 3.32. The zero-order chi connectivity index (χ0) is 14.6. The molecule has 0 aliphatic carbocycles. The fourth-order valence-corrected chi connectivity index (χ4v) is 1.20. The molecule has 0 spiro atoms. The third-order valence-corrected chi connectivity index (χ3v) is 2.03. The van der Waals surface area contributed by atoms with Crippen LogP contribution < -0.4 is 0 Å². The minimum absolute atomic E-state index is 0.203. The van der Waals surface area contributed by atoms with E-state index in [0.29, 0.717) is 0 Å². The number of halogens is 4. The number of hydrogen-bond donors (Lipinski definition) is 2. The molecule has 0 bridgehead atoms. The van der Waals surface area contributed by atoms with Crippen molar-refractivity contribution in [3.8, 4) is 5.75 Å². The number of carboxylic acid groups (broad SMARTS) is 1. The molecule has 2 aromatic carbocycles. The Balaban J connectivity index is 0.000000224. The topological polar surface area (TPSA) is 57.5 Å². The quantitative estimate of drug-likeness (QED) is 0.726. The molecule has 0 radical (unpaired) electrons. The third kappa shape index (κ3) is 4.46. The molecule has 2 rings (SSSR count). The monoisotopic (exact) mass is 276 g/mol. The summed E-state index contributed by atoms with van der Waals surface area (Å²) >= 11 is 0. The van der Waals surface area contributed by atoms with E-state index in [4.69, 9.17) is 15.0 Å². The average molecular weight is 276 g/mol. The lowest BCUT2D eigenvalue weighted by Gasteiger charge is -1.97. The molecule has 0 saturated heterocycles. The van der Waals surface area contributed by atoms with Crippen molar-refractivity contribution in [1.82, 2.24) is 0 Å². The third-order valence-electron chi connectivity index (χ3n) is 2.03. The first-order valence-corrected chi connectivity index (χ1v) is 4.88. The highest BCUT2D eigenvalue weighted by atomic mass is 19.4. The Bertz CT molecular complexity index is 552. The van der Waals surface area contributed by atoms with Crippen LogP contribution in [0.1, 0.15) is 0 Å². The Kier molecular flexibility index (Phi) is 4.31. The molecule has 0 atom stereocenters. The zero-order valence-electron chi connectivity index (χ0n) is 9.28. The standard InChI is InChI=1S/C10H7FO.C2HF3O2/c11-9-3-1-8-6-10(12)4-2-7(8)5-9;3-2(4,5)1(6)7/h1-6,12H;(H,6,7). The van der Waals surface area contributed by atoms with E-state index in [1.165, 1.54) is 12.1 Å². The van der Waals surface area contributed by atoms with Gasteiger partial charge in [-0.25, -0.2) is 9.18 Å². The maximum atomic E-state index is 12.7. The first kappa shape index (κ1) is 14.7. The van der Waals surface area contributed by atoms with Crippen molar-refractivity contribution in [3.63, 3.8) is 0 Å². The molecule has 19 heavy (non-hydrogen) atoms. The van der Waals surface area contributed by atoms with Crippen LogP contribution in [0.2, 0.25) is 0 Å². The van der Waals surface area contributed by atoms with Gasteiger partial charge in [0.1, 0.15) is 11.6 Å². The zero-order valence-corrected chi connectivity index (χ0v) is 9.28. The van der Waals surface area contributed by atoms with E-state index in [9.17, 15) is 17.6 Å². The van der Waals surface area contributed by atoms with Gasteiger partial charge in [0.05, 0.1) is 0 Å². The highest BCUT2D eigenvalue weighted by Gasteiger charge is 2.38. The normalized spacial score (nSPS) is 10.7. The van der Waals surface area contributed by atoms with E-state index >= 15 is 0 Å². The number of phenolic OH excluding ortho intramolecular Hbond substituents is 1. The SMILES string of the molecule is O=C(O)C(F)(F)F.Oc1ccc2cc(F)ccc2c1. The molecular weight excluding hydrogens is 268 g/mol. The number of rotatable bonds is 0. The number of carbonyl (C=O) groups is 1. The fourth-order valence-electron chi connectivity index (χ4n) is 1.20. The molecule has 7 heteroatoms. The Morgan fingerprint density at radius 1 is 1.00 bits per heavy atom. The smallest absolute Gasteiger partial charge is 0.490 e. The molecule has 0 fully saturated rings. The second-order valence-corrected chi connectivity index (χ2v) is 3.48. The molecule has 0 unspecified atom stereocenters. The maximum Gasteiger partial charge on any atom is 0.490 e.